The van der Waals surface area contributed by atoms with Crippen molar-refractivity contribution in [2.75, 3.05) is 13.1 Å². The van der Waals surface area contributed by atoms with E-state index >= 15 is 0 Å². The maximum absolute atomic E-state index is 11.3. The molecule has 1 aromatic rings. The Morgan fingerprint density at radius 2 is 2.06 bits per heavy atom. The number of benzene rings is 1. The second-order valence-electron chi connectivity index (χ2n) is 4.62. The second-order valence-corrected chi connectivity index (χ2v) is 4.62. The molecule has 1 rings (SSSR count). The molecule has 0 radical (unpaired) electrons. The molecule has 0 amide bonds. The van der Waals surface area contributed by atoms with Crippen molar-refractivity contribution in [3.05, 3.63) is 29.3 Å². The highest BCUT2D eigenvalue weighted by molar-refractivity contribution is 5.94. The van der Waals surface area contributed by atoms with E-state index < -0.39 is 0 Å². The van der Waals surface area contributed by atoms with Crippen LogP contribution in [0.25, 0.3) is 0 Å². The van der Waals surface area contributed by atoms with Gasteiger partial charge in [0.05, 0.1) is 0 Å². The molecule has 1 aromatic carbocycles. The Hall–Kier alpha value is -1.35. The summed E-state index contributed by atoms with van der Waals surface area (Å²) in [5.41, 5.74) is 1.50. The number of carbonyl (C=O) groups excluding carboxylic acids is 1. The van der Waals surface area contributed by atoms with Crippen LogP contribution >= 0.6 is 0 Å². The predicted octanol–water partition coefficient (Wildman–Crippen LogP) is 3.22. The number of carbonyl (C=O) groups is 1. The van der Waals surface area contributed by atoms with E-state index in [1.165, 1.54) is 0 Å². The third-order valence-corrected chi connectivity index (χ3v) is 3.16. The van der Waals surface area contributed by atoms with Crippen molar-refractivity contribution in [1.29, 1.82) is 0 Å². The molecule has 0 saturated carbocycles. The number of hydrogen-bond donors (Lipinski definition) is 1. The molecule has 0 aliphatic heterocycles. The molecule has 0 spiro atoms. The molecular formula is C15H23NO2. The van der Waals surface area contributed by atoms with E-state index in [1.807, 2.05) is 0 Å². The maximum Gasteiger partial charge on any atom is 0.159 e. The zero-order valence-corrected chi connectivity index (χ0v) is 11.6. The van der Waals surface area contributed by atoms with Crippen LogP contribution < -0.4 is 0 Å². The standard InChI is InChI=1S/C15H23NO2/c1-4-6-9-16(5-2)11-14-10-13(12(3)17)7-8-15(14)18/h7-8,10,18H,4-6,9,11H2,1-3H3. The van der Waals surface area contributed by atoms with Crippen molar-refractivity contribution in [1.82, 2.24) is 4.90 Å². The largest absolute Gasteiger partial charge is 0.508 e. The minimum Gasteiger partial charge on any atom is -0.508 e. The lowest BCUT2D eigenvalue weighted by Gasteiger charge is -2.20. The van der Waals surface area contributed by atoms with Gasteiger partial charge in [-0.05, 0) is 44.6 Å². The summed E-state index contributed by atoms with van der Waals surface area (Å²) in [5.74, 6) is 0.308. The van der Waals surface area contributed by atoms with Crippen LogP contribution in [0.1, 0.15) is 49.5 Å². The quantitative estimate of drug-likeness (QED) is 0.754. The lowest BCUT2D eigenvalue weighted by molar-refractivity contribution is 0.101. The SMILES string of the molecule is CCCCN(CC)Cc1cc(C(C)=O)ccc1O. The predicted molar refractivity (Wildman–Crippen MR) is 74.0 cm³/mol. The van der Waals surface area contributed by atoms with Gasteiger partial charge in [-0.25, -0.2) is 0 Å². The van der Waals surface area contributed by atoms with E-state index in [1.54, 1.807) is 25.1 Å². The Balaban J connectivity index is 2.80. The molecule has 0 atom stereocenters. The van der Waals surface area contributed by atoms with Gasteiger partial charge in [0, 0.05) is 17.7 Å². The number of Topliss-reactive ketones (excluding diaryl/α,β-unsaturated/α-hetero) is 1. The summed E-state index contributed by atoms with van der Waals surface area (Å²) in [7, 11) is 0. The number of ketones is 1. The first-order valence-corrected chi connectivity index (χ1v) is 6.63. The summed E-state index contributed by atoms with van der Waals surface area (Å²) < 4.78 is 0. The number of hydrogen-bond acceptors (Lipinski definition) is 3. The van der Waals surface area contributed by atoms with Crippen molar-refractivity contribution < 1.29 is 9.90 Å². The fraction of sp³-hybridized carbons (Fsp3) is 0.533. The third kappa shape index (κ3) is 4.15. The Bertz CT molecular complexity index is 401. The molecule has 3 nitrogen and oxygen atoms in total. The molecule has 0 heterocycles. The molecule has 18 heavy (non-hydrogen) atoms. The molecule has 0 fully saturated rings. The van der Waals surface area contributed by atoms with Crippen LogP contribution in [0.5, 0.6) is 5.75 Å². The van der Waals surface area contributed by atoms with Crippen molar-refractivity contribution in [3.8, 4) is 5.75 Å². The first-order chi connectivity index (χ1) is 8.58. The first-order valence-electron chi connectivity index (χ1n) is 6.63. The average molecular weight is 249 g/mol. The van der Waals surface area contributed by atoms with Crippen molar-refractivity contribution in [3.63, 3.8) is 0 Å². The summed E-state index contributed by atoms with van der Waals surface area (Å²) in [6.07, 6.45) is 2.32. The average Bonchev–Trinajstić information content (AvgIpc) is 2.36. The lowest BCUT2D eigenvalue weighted by Crippen LogP contribution is -2.24. The van der Waals surface area contributed by atoms with E-state index in [0.29, 0.717) is 12.1 Å². The number of phenolic OH excluding ortho intramolecular Hbond substituents is 1. The first kappa shape index (κ1) is 14.7. The molecule has 0 aliphatic carbocycles. The van der Waals surface area contributed by atoms with Crippen molar-refractivity contribution in [2.45, 2.75) is 40.2 Å². The van der Waals surface area contributed by atoms with Gasteiger partial charge in [-0.2, -0.15) is 0 Å². The summed E-state index contributed by atoms with van der Waals surface area (Å²) in [6.45, 7) is 8.50. The van der Waals surface area contributed by atoms with Gasteiger partial charge in [-0.3, -0.25) is 9.69 Å². The minimum absolute atomic E-state index is 0.0351. The zero-order chi connectivity index (χ0) is 13.5. The normalized spacial score (nSPS) is 10.9. The van der Waals surface area contributed by atoms with Gasteiger partial charge in [0.25, 0.3) is 0 Å². The van der Waals surface area contributed by atoms with Crippen LogP contribution in [-0.4, -0.2) is 28.9 Å². The number of aromatic hydroxyl groups is 1. The molecule has 0 aromatic heterocycles. The second kappa shape index (κ2) is 7.17. The number of phenols is 1. The Morgan fingerprint density at radius 1 is 1.33 bits per heavy atom. The van der Waals surface area contributed by atoms with Gasteiger partial charge in [0.1, 0.15) is 5.75 Å². The Morgan fingerprint density at radius 3 is 2.61 bits per heavy atom. The van der Waals surface area contributed by atoms with Crippen LogP contribution in [0.15, 0.2) is 18.2 Å². The van der Waals surface area contributed by atoms with E-state index in [-0.39, 0.29) is 11.5 Å². The fourth-order valence-electron chi connectivity index (χ4n) is 1.90. The van der Waals surface area contributed by atoms with Crippen molar-refractivity contribution >= 4 is 5.78 Å². The number of rotatable bonds is 7. The molecule has 3 heteroatoms. The smallest absolute Gasteiger partial charge is 0.159 e. The molecule has 0 saturated heterocycles. The van der Waals surface area contributed by atoms with Crippen LogP contribution in [0.3, 0.4) is 0 Å². The van der Waals surface area contributed by atoms with Crippen LogP contribution in [0.4, 0.5) is 0 Å². The van der Waals surface area contributed by atoms with E-state index in [4.69, 9.17) is 0 Å². The summed E-state index contributed by atoms with van der Waals surface area (Å²) >= 11 is 0. The molecule has 0 bridgehead atoms. The Labute approximate surface area is 109 Å². The van der Waals surface area contributed by atoms with Crippen molar-refractivity contribution in [2.24, 2.45) is 0 Å². The van der Waals surface area contributed by atoms with Crippen LogP contribution in [-0.2, 0) is 6.54 Å². The van der Waals surface area contributed by atoms with Gasteiger partial charge in [-0.1, -0.05) is 20.3 Å². The minimum atomic E-state index is 0.0351. The van der Waals surface area contributed by atoms with Gasteiger partial charge < -0.3 is 5.11 Å². The van der Waals surface area contributed by atoms with E-state index in [0.717, 1.165) is 31.5 Å². The van der Waals surface area contributed by atoms with E-state index in [9.17, 15) is 9.90 Å². The van der Waals surface area contributed by atoms with Gasteiger partial charge in [0.2, 0.25) is 0 Å². The van der Waals surface area contributed by atoms with E-state index in [2.05, 4.69) is 18.7 Å². The number of unbranched alkanes of at least 4 members (excludes halogenated alkanes) is 1. The highest BCUT2D eigenvalue weighted by atomic mass is 16.3. The molecule has 100 valence electrons. The lowest BCUT2D eigenvalue weighted by atomic mass is 10.1. The van der Waals surface area contributed by atoms with Crippen LogP contribution in [0.2, 0.25) is 0 Å². The highest BCUT2D eigenvalue weighted by Gasteiger charge is 2.09. The van der Waals surface area contributed by atoms with Gasteiger partial charge in [0.15, 0.2) is 5.78 Å². The number of nitrogens with zero attached hydrogens (tertiary/aromatic N) is 1. The van der Waals surface area contributed by atoms with Gasteiger partial charge >= 0.3 is 0 Å². The molecule has 0 unspecified atom stereocenters. The topological polar surface area (TPSA) is 40.5 Å². The molecule has 0 aliphatic rings. The summed E-state index contributed by atoms with van der Waals surface area (Å²) in [5, 5.41) is 9.85. The zero-order valence-electron chi connectivity index (χ0n) is 11.6. The fourth-order valence-corrected chi connectivity index (χ4v) is 1.90. The summed E-state index contributed by atoms with van der Waals surface area (Å²) in [4.78, 5) is 13.6. The highest BCUT2D eigenvalue weighted by Crippen LogP contribution is 2.20. The maximum atomic E-state index is 11.3. The molecule has 1 N–H and O–H groups in total. The van der Waals surface area contributed by atoms with Gasteiger partial charge in [-0.15, -0.1) is 0 Å². The van der Waals surface area contributed by atoms with Crippen LogP contribution in [0, 0.1) is 0 Å². The monoisotopic (exact) mass is 249 g/mol. The Kier molecular flexibility index (Phi) is 5.86. The summed E-state index contributed by atoms with van der Waals surface area (Å²) in [6, 6.07) is 5.08. The molecular weight excluding hydrogens is 226 g/mol. The third-order valence-electron chi connectivity index (χ3n) is 3.16.